The molecule has 1 aliphatic rings. The largest absolute Gasteiger partial charge is 0.481 e. The number of methoxy groups -OCH3 is 1. The van der Waals surface area contributed by atoms with Gasteiger partial charge in [0.15, 0.2) is 0 Å². The van der Waals surface area contributed by atoms with E-state index in [0.717, 1.165) is 72.7 Å². The quantitative estimate of drug-likeness (QED) is 0.334. The molecule has 0 N–H and O–H groups in total. The second kappa shape index (κ2) is 10.6. The zero-order chi connectivity index (χ0) is 26.8. The van der Waals surface area contributed by atoms with Crippen molar-refractivity contribution in [3.63, 3.8) is 0 Å². The lowest BCUT2D eigenvalue weighted by molar-refractivity contribution is 0.285. The minimum Gasteiger partial charge on any atom is -0.481 e. The van der Waals surface area contributed by atoms with Crippen molar-refractivity contribution in [3.8, 4) is 34.2 Å². The van der Waals surface area contributed by atoms with E-state index in [1.807, 2.05) is 44.1 Å². The number of hydrogen-bond donors (Lipinski definition) is 0. The molecule has 0 aromatic carbocycles. The Morgan fingerprint density at radius 3 is 2.54 bits per heavy atom. The first-order valence-electron chi connectivity index (χ1n) is 12.9. The Morgan fingerprint density at radius 2 is 1.82 bits per heavy atom. The summed E-state index contributed by atoms with van der Waals surface area (Å²) >= 11 is 0. The van der Waals surface area contributed by atoms with Crippen LogP contribution in [0.15, 0.2) is 67.5 Å². The normalized spacial score (nSPS) is 14.3. The molecule has 10 nitrogen and oxygen atoms in total. The van der Waals surface area contributed by atoms with Gasteiger partial charge in [-0.05, 0) is 30.2 Å². The number of nitrogens with zero attached hydrogens (tertiary/aromatic N) is 9. The van der Waals surface area contributed by atoms with Crippen LogP contribution in [0.3, 0.4) is 0 Å². The van der Waals surface area contributed by atoms with Gasteiger partial charge in [0.25, 0.3) is 0 Å². The molecule has 6 rings (SSSR count). The molecule has 39 heavy (non-hydrogen) atoms. The van der Waals surface area contributed by atoms with Crippen LogP contribution in [0, 0.1) is 11.3 Å². The fourth-order valence-electron chi connectivity index (χ4n) is 5.13. The Balaban J connectivity index is 1.22. The number of ether oxygens (including phenoxy) is 1. The maximum Gasteiger partial charge on any atom is 0.212 e. The lowest BCUT2D eigenvalue weighted by Crippen LogP contribution is -2.30. The zero-order valence-corrected chi connectivity index (χ0v) is 22.0. The molecular weight excluding hydrogens is 490 g/mol. The van der Waals surface area contributed by atoms with E-state index in [2.05, 4.69) is 55.3 Å². The number of anilines is 1. The van der Waals surface area contributed by atoms with Crippen molar-refractivity contribution < 1.29 is 4.74 Å². The molecule has 0 unspecified atom stereocenters. The van der Waals surface area contributed by atoms with Gasteiger partial charge in [-0.2, -0.15) is 15.5 Å². The number of aryl methyl sites for hydroxylation is 1. The van der Waals surface area contributed by atoms with Crippen LogP contribution >= 0.6 is 0 Å². The summed E-state index contributed by atoms with van der Waals surface area (Å²) in [5, 5.41) is 18.5. The van der Waals surface area contributed by atoms with Crippen LogP contribution in [0.1, 0.15) is 17.5 Å². The molecule has 0 aliphatic carbocycles. The maximum absolute atomic E-state index is 9.71. The highest BCUT2D eigenvalue weighted by Gasteiger charge is 2.18. The van der Waals surface area contributed by atoms with Gasteiger partial charge >= 0.3 is 0 Å². The maximum atomic E-state index is 9.71. The zero-order valence-electron chi connectivity index (χ0n) is 22.0. The third kappa shape index (κ3) is 5.04. The molecule has 5 aromatic heterocycles. The van der Waals surface area contributed by atoms with Gasteiger partial charge < -0.3 is 9.64 Å². The van der Waals surface area contributed by atoms with Crippen LogP contribution in [-0.2, 0) is 13.6 Å². The summed E-state index contributed by atoms with van der Waals surface area (Å²) in [5.41, 5.74) is 6.31. The number of rotatable bonds is 6. The summed E-state index contributed by atoms with van der Waals surface area (Å²) in [6.45, 7) is 4.69. The molecule has 0 amide bonds. The lowest BCUT2D eigenvalue weighted by atomic mass is 10.0. The van der Waals surface area contributed by atoms with Crippen LogP contribution in [-0.4, -0.2) is 67.6 Å². The molecule has 0 spiro atoms. The summed E-state index contributed by atoms with van der Waals surface area (Å²) in [5.74, 6) is 1.59. The molecule has 0 radical (unpaired) electrons. The number of nitriles is 1. The van der Waals surface area contributed by atoms with Gasteiger partial charge in [0.2, 0.25) is 5.88 Å². The van der Waals surface area contributed by atoms with E-state index in [0.29, 0.717) is 11.4 Å². The van der Waals surface area contributed by atoms with Crippen molar-refractivity contribution in [2.75, 3.05) is 38.2 Å². The van der Waals surface area contributed by atoms with Gasteiger partial charge in [0.05, 0.1) is 30.6 Å². The molecule has 0 saturated carbocycles. The van der Waals surface area contributed by atoms with Gasteiger partial charge in [0.1, 0.15) is 11.9 Å². The standard InChI is InChI=1S/C29H29N9O/c1-35-19-25(17-33-35)23-12-26(29-24(13-30)16-34-38(29)20-23)22-5-6-27(31-15-22)37-9-3-8-36(10-11-37)18-21-4-7-28(39-2)32-14-21/h4-7,12,14-17,19-20H,3,8-11,18H2,1-2H3. The Morgan fingerprint density at radius 1 is 0.897 bits per heavy atom. The summed E-state index contributed by atoms with van der Waals surface area (Å²) in [7, 11) is 3.53. The number of fused-ring (bicyclic) bond motifs is 1. The van der Waals surface area contributed by atoms with E-state index in [-0.39, 0.29) is 0 Å². The molecule has 1 fully saturated rings. The first-order chi connectivity index (χ1) is 19.1. The van der Waals surface area contributed by atoms with E-state index >= 15 is 0 Å². The molecule has 1 aliphatic heterocycles. The second-order valence-electron chi connectivity index (χ2n) is 9.74. The smallest absolute Gasteiger partial charge is 0.212 e. The molecule has 5 aromatic rings. The Bertz CT molecular complexity index is 1630. The van der Waals surface area contributed by atoms with Gasteiger partial charge in [-0.25, -0.2) is 14.5 Å². The van der Waals surface area contributed by atoms with Crippen molar-refractivity contribution in [3.05, 3.63) is 78.6 Å². The average Bonchev–Trinajstić information content (AvgIpc) is 3.53. The number of aromatic nitrogens is 6. The Kier molecular flexibility index (Phi) is 6.65. The Hall–Kier alpha value is -4.75. The fourth-order valence-corrected chi connectivity index (χ4v) is 5.13. The SMILES string of the molecule is COc1ccc(CN2CCCN(c3ccc(-c4cc(-c5cnn(C)c5)cn5ncc(C#N)c45)cn3)CC2)cn1. The highest BCUT2D eigenvalue weighted by atomic mass is 16.5. The number of pyridine rings is 3. The van der Waals surface area contributed by atoms with Crippen LogP contribution in [0.25, 0.3) is 27.8 Å². The number of hydrogen-bond acceptors (Lipinski definition) is 8. The molecule has 196 valence electrons. The minimum absolute atomic E-state index is 0.534. The van der Waals surface area contributed by atoms with E-state index in [1.54, 1.807) is 22.5 Å². The summed E-state index contributed by atoms with van der Waals surface area (Å²) < 4.78 is 8.72. The van der Waals surface area contributed by atoms with Crippen molar-refractivity contribution in [1.82, 2.24) is 34.3 Å². The topological polar surface area (TPSA) is 100 Å². The van der Waals surface area contributed by atoms with Crippen molar-refractivity contribution in [1.29, 1.82) is 5.26 Å². The fraction of sp³-hybridized carbons (Fsp3) is 0.276. The average molecular weight is 520 g/mol. The highest BCUT2D eigenvalue weighted by molar-refractivity contribution is 5.87. The minimum atomic E-state index is 0.534. The van der Waals surface area contributed by atoms with Crippen LogP contribution in [0.2, 0.25) is 0 Å². The molecule has 10 heteroatoms. The van der Waals surface area contributed by atoms with E-state index < -0.39 is 0 Å². The molecule has 6 heterocycles. The molecule has 1 saturated heterocycles. The van der Waals surface area contributed by atoms with Crippen LogP contribution < -0.4 is 9.64 Å². The first-order valence-corrected chi connectivity index (χ1v) is 12.9. The molecule has 0 bridgehead atoms. The lowest BCUT2D eigenvalue weighted by Gasteiger charge is -2.23. The first kappa shape index (κ1) is 24.6. The van der Waals surface area contributed by atoms with E-state index in [4.69, 9.17) is 9.72 Å². The van der Waals surface area contributed by atoms with Crippen LogP contribution in [0.5, 0.6) is 5.88 Å². The molecular formula is C29H29N9O. The summed E-state index contributed by atoms with van der Waals surface area (Å²) in [6.07, 6.45) is 12.2. The van der Waals surface area contributed by atoms with Gasteiger partial charge in [-0.15, -0.1) is 0 Å². The predicted octanol–water partition coefficient (Wildman–Crippen LogP) is 3.78. The van der Waals surface area contributed by atoms with Crippen molar-refractivity contribution in [2.24, 2.45) is 7.05 Å². The third-order valence-electron chi connectivity index (χ3n) is 7.15. The summed E-state index contributed by atoms with van der Waals surface area (Å²) in [4.78, 5) is 14.0. The van der Waals surface area contributed by atoms with Crippen molar-refractivity contribution >= 4 is 11.3 Å². The highest BCUT2D eigenvalue weighted by Crippen LogP contribution is 2.32. The summed E-state index contributed by atoms with van der Waals surface area (Å²) in [6, 6.07) is 12.5. The van der Waals surface area contributed by atoms with Gasteiger partial charge in [0, 0.05) is 92.9 Å². The Labute approximate surface area is 226 Å². The van der Waals surface area contributed by atoms with Crippen molar-refractivity contribution in [2.45, 2.75) is 13.0 Å². The van der Waals surface area contributed by atoms with E-state index in [1.165, 1.54) is 5.56 Å². The van der Waals surface area contributed by atoms with Gasteiger partial charge in [-0.1, -0.05) is 6.07 Å². The predicted molar refractivity (Wildman–Crippen MR) is 148 cm³/mol. The van der Waals surface area contributed by atoms with Gasteiger partial charge in [-0.3, -0.25) is 9.58 Å². The third-order valence-corrected chi connectivity index (χ3v) is 7.15. The van der Waals surface area contributed by atoms with Crippen LogP contribution in [0.4, 0.5) is 5.82 Å². The molecule has 0 atom stereocenters. The monoisotopic (exact) mass is 519 g/mol. The van der Waals surface area contributed by atoms with E-state index in [9.17, 15) is 5.26 Å². The second-order valence-corrected chi connectivity index (χ2v) is 9.74.